The van der Waals surface area contributed by atoms with Gasteiger partial charge >= 0.3 is 11.8 Å². The van der Waals surface area contributed by atoms with E-state index in [1.54, 1.807) is 0 Å². The maximum atomic E-state index is 12.0. The van der Waals surface area contributed by atoms with Crippen molar-refractivity contribution in [1.82, 2.24) is 10.9 Å². The quantitative estimate of drug-likeness (QED) is 0.364. The second-order valence-corrected chi connectivity index (χ2v) is 9.84. The molecular weight excluding hydrogens is 520 g/mol. The minimum absolute atomic E-state index is 0.0316. The van der Waals surface area contributed by atoms with Gasteiger partial charge in [0, 0.05) is 9.75 Å². The molecule has 0 aliphatic heterocycles. The Bertz CT molecular complexity index is 944. The molecule has 0 radical (unpaired) electrons. The van der Waals surface area contributed by atoms with Gasteiger partial charge < -0.3 is 4.42 Å². The second-order valence-electron chi connectivity index (χ2n) is 4.85. The fourth-order valence-electron chi connectivity index (χ4n) is 1.80. The smallest absolute Gasteiger partial charge is 0.307 e. The summed E-state index contributed by atoms with van der Waals surface area (Å²) in [6.07, 6.45) is 3.03. The first kappa shape index (κ1) is 19.7. The highest BCUT2D eigenvalue weighted by atomic mass is 79.9. The molecule has 0 spiro atoms. The fraction of sp³-hybridized carbons (Fsp3) is 0. The number of nitrogens with zero attached hydrogens (tertiary/aromatic N) is 2. The molecule has 0 aliphatic rings. The summed E-state index contributed by atoms with van der Waals surface area (Å²) in [5, 5.41) is 7.70. The number of carbonyl (C=O) groups is 2. The number of carbonyl (C=O) groups excluding carboxylic acids is 2. The van der Waals surface area contributed by atoms with Crippen LogP contribution in [0.1, 0.15) is 30.9 Å². The van der Waals surface area contributed by atoms with E-state index in [0.29, 0.717) is 0 Å². The largest absolute Gasteiger partial charge is 0.446 e. The number of amides is 2. The van der Waals surface area contributed by atoms with Crippen LogP contribution in [0.5, 0.6) is 0 Å². The van der Waals surface area contributed by atoms with E-state index in [4.69, 9.17) is 4.42 Å². The van der Waals surface area contributed by atoms with Crippen molar-refractivity contribution in [3.63, 3.8) is 0 Å². The van der Waals surface area contributed by atoms with Crippen molar-refractivity contribution in [2.24, 2.45) is 10.2 Å². The van der Waals surface area contributed by atoms with Crippen molar-refractivity contribution in [2.45, 2.75) is 0 Å². The third kappa shape index (κ3) is 5.70. The van der Waals surface area contributed by atoms with Crippen LogP contribution in [0, 0.1) is 0 Å². The summed E-state index contributed by atoms with van der Waals surface area (Å²) in [5.41, 5.74) is 4.68. The maximum Gasteiger partial charge on any atom is 0.307 e. The summed E-state index contributed by atoms with van der Waals surface area (Å²) >= 11 is 9.64. The summed E-state index contributed by atoms with van der Waals surface area (Å²) in [4.78, 5) is 25.7. The Morgan fingerprint density at radius 1 is 0.815 bits per heavy atom. The van der Waals surface area contributed by atoms with Crippen LogP contribution in [0.15, 0.2) is 58.6 Å². The van der Waals surface area contributed by atoms with Crippen molar-refractivity contribution in [3.8, 4) is 0 Å². The standard InChI is InChI=1S/C16H10Br2N4O3S2/c17-13-5-1-9(26-13)7-19-21-15(23)11-3-4-12(25-11)16(24)22-20-8-10-2-6-14(18)27-10/h1-8H,(H,21,23)(H,22,24). The molecule has 3 rings (SSSR count). The van der Waals surface area contributed by atoms with E-state index in [1.165, 1.54) is 47.2 Å². The summed E-state index contributed by atoms with van der Waals surface area (Å²) in [6, 6.07) is 10.3. The molecule has 0 saturated carbocycles. The van der Waals surface area contributed by atoms with Gasteiger partial charge in [-0.15, -0.1) is 22.7 Å². The SMILES string of the molecule is O=C(NN=Cc1ccc(Br)s1)c1ccc(C(=O)NN=Cc2ccc(Br)s2)o1. The van der Waals surface area contributed by atoms with Crippen LogP contribution in [0.4, 0.5) is 0 Å². The molecule has 0 saturated heterocycles. The molecular formula is C16H10Br2N4O3S2. The summed E-state index contributed by atoms with van der Waals surface area (Å²) in [6.45, 7) is 0. The highest BCUT2D eigenvalue weighted by Crippen LogP contribution is 2.21. The molecule has 0 aromatic carbocycles. The second kappa shape index (κ2) is 9.22. The lowest BCUT2D eigenvalue weighted by atomic mass is 10.4. The summed E-state index contributed by atoms with van der Waals surface area (Å²) in [5.74, 6) is -1.19. The molecule has 3 heterocycles. The zero-order valence-electron chi connectivity index (χ0n) is 13.3. The van der Waals surface area contributed by atoms with Gasteiger partial charge in [0.05, 0.1) is 20.0 Å². The molecule has 2 amide bonds. The van der Waals surface area contributed by atoms with Gasteiger partial charge in [-0.2, -0.15) is 10.2 Å². The zero-order valence-corrected chi connectivity index (χ0v) is 18.1. The van der Waals surface area contributed by atoms with E-state index < -0.39 is 11.8 Å². The fourth-order valence-corrected chi connectivity index (χ4v) is 4.39. The van der Waals surface area contributed by atoms with Crippen molar-refractivity contribution >= 4 is 78.8 Å². The van der Waals surface area contributed by atoms with E-state index in [0.717, 1.165) is 17.3 Å². The first-order valence-corrected chi connectivity index (χ1v) is 10.5. The Balaban J connectivity index is 1.53. The van der Waals surface area contributed by atoms with Crippen LogP contribution >= 0.6 is 54.5 Å². The number of rotatable bonds is 6. The molecule has 11 heteroatoms. The van der Waals surface area contributed by atoms with Crippen LogP contribution in [-0.4, -0.2) is 24.2 Å². The summed E-state index contributed by atoms with van der Waals surface area (Å²) < 4.78 is 7.17. The first-order chi connectivity index (χ1) is 13.0. The molecule has 0 bridgehead atoms. The number of hydrazone groups is 2. The Morgan fingerprint density at radius 3 is 1.63 bits per heavy atom. The number of halogens is 2. The Hall–Kier alpha value is -2.08. The number of hydrogen-bond acceptors (Lipinski definition) is 7. The van der Waals surface area contributed by atoms with E-state index in [9.17, 15) is 9.59 Å². The van der Waals surface area contributed by atoms with Gasteiger partial charge in [-0.05, 0) is 68.3 Å². The predicted octanol–water partition coefficient (Wildman–Crippen LogP) is 4.46. The number of hydrogen-bond donors (Lipinski definition) is 2. The topological polar surface area (TPSA) is 96.1 Å². The van der Waals surface area contributed by atoms with Gasteiger partial charge in [0.1, 0.15) is 0 Å². The van der Waals surface area contributed by atoms with Crippen molar-refractivity contribution < 1.29 is 14.0 Å². The third-order valence-corrected chi connectivity index (χ3v) is 6.07. The lowest BCUT2D eigenvalue weighted by molar-refractivity contribution is 0.0902. The summed E-state index contributed by atoms with van der Waals surface area (Å²) in [7, 11) is 0. The van der Waals surface area contributed by atoms with Crippen LogP contribution < -0.4 is 10.9 Å². The Labute approximate surface area is 178 Å². The van der Waals surface area contributed by atoms with Crippen LogP contribution in [0.25, 0.3) is 0 Å². The van der Waals surface area contributed by atoms with Gasteiger partial charge in [-0.25, -0.2) is 10.9 Å². The Morgan fingerprint density at radius 2 is 1.26 bits per heavy atom. The highest BCUT2D eigenvalue weighted by molar-refractivity contribution is 9.11. The minimum atomic E-state index is -0.562. The zero-order chi connectivity index (χ0) is 19.2. The normalized spacial score (nSPS) is 11.3. The average molecular weight is 530 g/mol. The van der Waals surface area contributed by atoms with Gasteiger partial charge in [0.25, 0.3) is 0 Å². The van der Waals surface area contributed by atoms with Gasteiger partial charge in [0.2, 0.25) is 0 Å². The molecule has 0 fully saturated rings. The van der Waals surface area contributed by atoms with E-state index in [2.05, 4.69) is 52.9 Å². The molecule has 27 heavy (non-hydrogen) atoms. The molecule has 138 valence electrons. The number of furan rings is 1. The van der Waals surface area contributed by atoms with E-state index >= 15 is 0 Å². The molecule has 2 N–H and O–H groups in total. The van der Waals surface area contributed by atoms with Crippen LogP contribution in [0.2, 0.25) is 0 Å². The lowest BCUT2D eigenvalue weighted by Crippen LogP contribution is -2.18. The van der Waals surface area contributed by atoms with E-state index in [1.807, 2.05) is 24.3 Å². The van der Waals surface area contributed by atoms with Crippen molar-refractivity contribution in [3.05, 3.63) is 65.2 Å². The predicted molar refractivity (Wildman–Crippen MR) is 113 cm³/mol. The number of nitrogens with one attached hydrogen (secondary N) is 2. The van der Waals surface area contributed by atoms with Gasteiger partial charge in [0.15, 0.2) is 11.5 Å². The minimum Gasteiger partial charge on any atom is -0.446 e. The molecule has 3 aromatic rings. The van der Waals surface area contributed by atoms with Crippen LogP contribution in [-0.2, 0) is 0 Å². The van der Waals surface area contributed by atoms with E-state index in [-0.39, 0.29) is 11.5 Å². The molecule has 3 aromatic heterocycles. The Kier molecular flexibility index (Phi) is 6.72. The monoisotopic (exact) mass is 528 g/mol. The molecule has 0 unspecified atom stereocenters. The maximum absolute atomic E-state index is 12.0. The van der Waals surface area contributed by atoms with Crippen molar-refractivity contribution in [2.75, 3.05) is 0 Å². The van der Waals surface area contributed by atoms with Crippen molar-refractivity contribution in [1.29, 1.82) is 0 Å². The first-order valence-electron chi connectivity index (χ1n) is 7.28. The molecule has 0 atom stereocenters. The molecule has 7 nitrogen and oxygen atoms in total. The molecule has 0 aliphatic carbocycles. The number of thiophene rings is 2. The third-order valence-electron chi connectivity index (χ3n) is 2.96. The average Bonchev–Trinajstić information content (AvgIpc) is 3.36. The van der Waals surface area contributed by atoms with Crippen LogP contribution in [0.3, 0.4) is 0 Å². The van der Waals surface area contributed by atoms with Gasteiger partial charge in [-0.1, -0.05) is 0 Å². The van der Waals surface area contributed by atoms with Gasteiger partial charge in [-0.3, -0.25) is 9.59 Å². The highest BCUT2D eigenvalue weighted by Gasteiger charge is 2.15. The lowest BCUT2D eigenvalue weighted by Gasteiger charge is -1.96.